The topological polar surface area (TPSA) is 53.1 Å². The van der Waals surface area contributed by atoms with Crippen LogP contribution in [0.25, 0.3) is 0 Å². The van der Waals surface area contributed by atoms with Crippen molar-refractivity contribution < 1.29 is 4.74 Å². The van der Waals surface area contributed by atoms with Crippen LogP contribution in [-0.2, 0) is 26.6 Å². The molecule has 0 saturated heterocycles. The molecule has 20 heavy (non-hydrogen) atoms. The fourth-order valence-electron chi connectivity index (χ4n) is 1.99. The molecule has 2 aromatic rings. The summed E-state index contributed by atoms with van der Waals surface area (Å²) in [5.74, 6) is 0.714. The van der Waals surface area contributed by atoms with Crippen molar-refractivity contribution in [3.8, 4) is 5.75 Å². The summed E-state index contributed by atoms with van der Waals surface area (Å²) >= 11 is 9.69. The highest BCUT2D eigenvalue weighted by Gasteiger charge is 2.14. The van der Waals surface area contributed by atoms with E-state index in [1.165, 1.54) is 0 Å². The Kier molecular flexibility index (Phi) is 5.07. The highest BCUT2D eigenvalue weighted by molar-refractivity contribution is 9.10. The van der Waals surface area contributed by atoms with E-state index in [9.17, 15) is 0 Å². The number of nitrogens with zero attached hydrogens (tertiary/aromatic N) is 2. The van der Waals surface area contributed by atoms with Crippen molar-refractivity contribution in [2.45, 2.75) is 26.5 Å². The molecule has 1 heterocycles. The van der Waals surface area contributed by atoms with Gasteiger partial charge in [-0.05, 0) is 34.5 Å². The molecule has 0 spiro atoms. The number of hydrogen-bond donors (Lipinski definition) is 1. The van der Waals surface area contributed by atoms with E-state index in [1.54, 1.807) is 0 Å². The second-order valence-corrected chi connectivity index (χ2v) is 5.59. The van der Waals surface area contributed by atoms with E-state index < -0.39 is 0 Å². The summed E-state index contributed by atoms with van der Waals surface area (Å²) in [6, 6.07) is 5.54. The molecule has 0 unspecified atom stereocenters. The molecule has 0 fully saturated rings. The second-order valence-electron chi connectivity index (χ2n) is 4.39. The Labute approximate surface area is 132 Å². The van der Waals surface area contributed by atoms with Crippen molar-refractivity contribution in [3.63, 3.8) is 0 Å². The minimum absolute atomic E-state index is 0.349. The SMILES string of the molecule is CCc1nn(C)c(COc2cccc(Cl)c2CN)c1Br. The highest BCUT2D eigenvalue weighted by Crippen LogP contribution is 2.28. The number of aromatic nitrogens is 2. The summed E-state index contributed by atoms with van der Waals surface area (Å²) in [4.78, 5) is 0. The first-order chi connectivity index (χ1) is 9.58. The normalized spacial score (nSPS) is 10.8. The van der Waals surface area contributed by atoms with Crippen molar-refractivity contribution >= 4 is 27.5 Å². The van der Waals surface area contributed by atoms with E-state index in [2.05, 4.69) is 28.0 Å². The fraction of sp³-hybridized carbons (Fsp3) is 0.357. The number of aryl methyl sites for hydroxylation is 2. The molecule has 0 bridgehead atoms. The molecule has 2 N–H and O–H groups in total. The Bertz CT molecular complexity index is 613. The van der Waals surface area contributed by atoms with Gasteiger partial charge in [-0.1, -0.05) is 24.6 Å². The molecule has 4 nitrogen and oxygen atoms in total. The minimum atomic E-state index is 0.349. The lowest BCUT2D eigenvalue weighted by Gasteiger charge is -2.12. The zero-order chi connectivity index (χ0) is 14.7. The zero-order valence-corrected chi connectivity index (χ0v) is 13.8. The van der Waals surface area contributed by atoms with Gasteiger partial charge in [-0.15, -0.1) is 0 Å². The van der Waals surface area contributed by atoms with Crippen molar-refractivity contribution in [1.82, 2.24) is 9.78 Å². The lowest BCUT2D eigenvalue weighted by atomic mass is 10.2. The third kappa shape index (κ3) is 3.00. The zero-order valence-electron chi connectivity index (χ0n) is 11.5. The number of nitrogens with two attached hydrogens (primary N) is 1. The van der Waals surface area contributed by atoms with Crippen LogP contribution in [0.2, 0.25) is 5.02 Å². The van der Waals surface area contributed by atoms with Gasteiger partial charge in [0.2, 0.25) is 0 Å². The molecule has 0 atom stereocenters. The van der Waals surface area contributed by atoms with E-state index in [1.807, 2.05) is 29.9 Å². The predicted molar refractivity (Wildman–Crippen MR) is 84.0 cm³/mol. The quantitative estimate of drug-likeness (QED) is 0.891. The van der Waals surface area contributed by atoms with E-state index in [-0.39, 0.29) is 0 Å². The Hall–Kier alpha value is -1.04. The van der Waals surface area contributed by atoms with Crippen molar-refractivity contribution in [2.24, 2.45) is 12.8 Å². The maximum absolute atomic E-state index is 6.11. The molecule has 2 rings (SSSR count). The average Bonchev–Trinajstić information content (AvgIpc) is 2.71. The van der Waals surface area contributed by atoms with Gasteiger partial charge in [0, 0.05) is 24.2 Å². The van der Waals surface area contributed by atoms with Crippen LogP contribution in [0.15, 0.2) is 22.7 Å². The average molecular weight is 359 g/mol. The largest absolute Gasteiger partial charge is 0.487 e. The van der Waals surface area contributed by atoms with Gasteiger partial charge < -0.3 is 10.5 Å². The molecule has 0 saturated carbocycles. The van der Waals surface area contributed by atoms with Gasteiger partial charge >= 0.3 is 0 Å². The standard InChI is InChI=1S/C14H17BrClN3O/c1-3-11-14(15)12(19(2)18-11)8-20-13-6-4-5-10(16)9(13)7-17/h4-6H,3,7-8,17H2,1-2H3. The molecule has 108 valence electrons. The first kappa shape index (κ1) is 15.4. The molecule has 6 heteroatoms. The van der Waals surface area contributed by atoms with Crippen LogP contribution < -0.4 is 10.5 Å². The van der Waals surface area contributed by atoms with E-state index in [0.29, 0.717) is 23.9 Å². The molecule has 0 aliphatic heterocycles. The van der Waals surface area contributed by atoms with Gasteiger partial charge in [0.25, 0.3) is 0 Å². The van der Waals surface area contributed by atoms with Crippen molar-refractivity contribution in [2.75, 3.05) is 0 Å². The smallest absolute Gasteiger partial charge is 0.131 e. The first-order valence-corrected chi connectivity index (χ1v) is 7.56. The lowest BCUT2D eigenvalue weighted by molar-refractivity contribution is 0.291. The Morgan fingerprint density at radius 1 is 1.45 bits per heavy atom. The molecule has 0 radical (unpaired) electrons. The third-order valence-corrected chi connectivity index (χ3v) is 4.42. The van der Waals surface area contributed by atoms with Crippen LogP contribution in [0.3, 0.4) is 0 Å². The summed E-state index contributed by atoms with van der Waals surface area (Å²) in [5.41, 5.74) is 8.55. The van der Waals surface area contributed by atoms with Crippen molar-refractivity contribution in [1.29, 1.82) is 0 Å². The predicted octanol–water partition coefficient (Wildman–Crippen LogP) is 3.44. The van der Waals surface area contributed by atoms with Gasteiger partial charge in [-0.3, -0.25) is 4.68 Å². The minimum Gasteiger partial charge on any atom is -0.487 e. The van der Waals surface area contributed by atoms with Crippen LogP contribution in [0, 0.1) is 0 Å². The number of halogens is 2. The maximum atomic E-state index is 6.11. The van der Waals surface area contributed by atoms with Crippen LogP contribution in [-0.4, -0.2) is 9.78 Å². The molecule has 1 aromatic carbocycles. The van der Waals surface area contributed by atoms with Crippen LogP contribution in [0.5, 0.6) is 5.75 Å². The second kappa shape index (κ2) is 6.61. The number of ether oxygens (including phenoxy) is 1. The summed E-state index contributed by atoms with van der Waals surface area (Å²) in [6.07, 6.45) is 0.875. The molecule has 0 aliphatic carbocycles. The summed E-state index contributed by atoms with van der Waals surface area (Å²) in [6.45, 7) is 2.83. The number of benzene rings is 1. The monoisotopic (exact) mass is 357 g/mol. The first-order valence-electron chi connectivity index (χ1n) is 6.39. The summed E-state index contributed by atoms with van der Waals surface area (Å²) < 4.78 is 8.69. The fourth-order valence-corrected chi connectivity index (χ4v) is 2.97. The van der Waals surface area contributed by atoms with Crippen LogP contribution in [0.1, 0.15) is 23.9 Å². The number of hydrogen-bond acceptors (Lipinski definition) is 3. The Morgan fingerprint density at radius 3 is 2.80 bits per heavy atom. The third-order valence-electron chi connectivity index (χ3n) is 3.15. The van der Waals surface area contributed by atoms with Gasteiger partial charge in [-0.2, -0.15) is 5.10 Å². The van der Waals surface area contributed by atoms with Gasteiger partial charge in [0.1, 0.15) is 12.4 Å². The maximum Gasteiger partial charge on any atom is 0.131 e. The van der Waals surface area contributed by atoms with E-state index in [0.717, 1.165) is 27.8 Å². The Morgan fingerprint density at radius 2 is 2.20 bits per heavy atom. The molecule has 0 amide bonds. The van der Waals surface area contributed by atoms with Crippen LogP contribution in [0.4, 0.5) is 0 Å². The molecule has 1 aromatic heterocycles. The molecule has 0 aliphatic rings. The molecular weight excluding hydrogens is 342 g/mol. The van der Waals surface area contributed by atoms with Gasteiger partial charge in [0.05, 0.1) is 15.9 Å². The highest BCUT2D eigenvalue weighted by atomic mass is 79.9. The van der Waals surface area contributed by atoms with Gasteiger partial charge in [-0.25, -0.2) is 0 Å². The molecular formula is C14H17BrClN3O. The van der Waals surface area contributed by atoms with Crippen LogP contribution >= 0.6 is 27.5 Å². The number of rotatable bonds is 5. The lowest BCUT2D eigenvalue weighted by Crippen LogP contribution is -2.06. The van der Waals surface area contributed by atoms with E-state index >= 15 is 0 Å². The Balaban J connectivity index is 2.21. The van der Waals surface area contributed by atoms with Gasteiger partial charge in [0.15, 0.2) is 0 Å². The summed E-state index contributed by atoms with van der Waals surface area (Å²) in [7, 11) is 1.91. The summed E-state index contributed by atoms with van der Waals surface area (Å²) in [5, 5.41) is 5.07. The van der Waals surface area contributed by atoms with Crippen molar-refractivity contribution in [3.05, 3.63) is 44.6 Å². The van der Waals surface area contributed by atoms with E-state index in [4.69, 9.17) is 22.1 Å².